The van der Waals surface area contributed by atoms with Gasteiger partial charge in [0.25, 0.3) is 0 Å². The molecule has 1 N–H and O–H groups in total. The van der Waals surface area contributed by atoms with Crippen LogP contribution in [0.1, 0.15) is 38.3 Å². The molecular formula is C15H22FNO2. The van der Waals surface area contributed by atoms with Crippen molar-refractivity contribution in [2.45, 2.75) is 38.3 Å². The molecule has 19 heavy (non-hydrogen) atoms. The maximum absolute atomic E-state index is 13.6. The van der Waals surface area contributed by atoms with Crippen LogP contribution < -0.4 is 10.1 Å². The Morgan fingerprint density at radius 1 is 1.53 bits per heavy atom. The van der Waals surface area contributed by atoms with Crippen molar-refractivity contribution in [1.29, 1.82) is 0 Å². The molecule has 0 aromatic heterocycles. The summed E-state index contributed by atoms with van der Waals surface area (Å²) in [5.41, 5.74) is 0.519. The van der Waals surface area contributed by atoms with E-state index in [0.717, 1.165) is 31.6 Å². The lowest BCUT2D eigenvalue weighted by Crippen LogP contribution is -2.41. The first-order chi connectivity index (χ1) is 9.10. The topological polar surface area (TPSA) is 30.5 Å². The third-order valence-corrected chi connectivity index (χ3v) is 3.77. The average molecular weight is 267 g/mol. The zero-order chi connectivity index (χ0) is 13.9. The zero-order valence-electron chi connectivity index (χ0n) is 11.8. The number of hydrogen-bond donors (Lipinski definition) is 1. The van der Waals surface area contributed by atoms with Gasteiger partial charge >= 0.3 is 0 Å². The SMILES string of the molecule is CCNC(c1cc(F)ccc1OC)C1(C)CCCO1. The minimum atomic E-state index is -0.308. The number of likely N-dealkylation sites (N-methyl/N-ethyl adjacent to an activating group) is 1. The molecule has 2 rings (SSSR count). The molecule has 1 saturated heterocycles. The van der Waals surface area contributed by atoms with Crippen molar-refractivity contribution in [1.82, 2.24) is 5.32 Å². The standard InChI is InChI=1S/C15H22FNO2/c1-4-17-14(15(2)8-5-9-19-15)12-10-11(16)6-7-13(12)18-3/h6-7,10,14,17H,4-5,8-9H2,1-3H3. The number of hydrogen-bond acceptors (Lipinski definition) is 3. The summed E-state index contributed by atoms with van der Waals surface area (Å²) in [6.45, 7) is 5.67. The Morgan fingerprint density at radius 2 is 2.32 bits per heavy atom. The maximum atomic E-state index is 13.6. The van der Waals surface area contributed by atoms with Crippen LogP contribution in [0, 0.1) is 5.82 Å². The number of methoxy groups -OCH3 is 1. The predicted molar refractivity (Wildman–Crippen MR) is 73.0 cm³/mol. The molecule has 0 aliphatic carbocycles. The summed E-state index contributed by atoms with van der Waals surface area (Å²) >= 11 is 0. The van der Waals surface area contributed by atoms with Crippen molar-refractivity contribution in [3.63, 3.8) is 0 Å². The van der Waals surface area contributed by atoms with Crippen molar-refractivity contribution in [2.24, 2.45) is 0 Å². The molecule has 0 bridgehead atoms. The molecule has 2 atom stereocenters. The first kappa shape index (κ1) is 14.3. The van der Waals surface area contributed by atoms with Crippen LogP contribution in [0.15, 0.2) is 18.2 Å². The molecule has 1 aromatic rings. The van der Waals surface area contributed by atoms with E-state index < -0.39 is 0 Å². The van der Waals surface area contributed by atoms with Gasteiger partial charge in [-0.2, -0.15) is 0 Å². The zero-order valence-corrected chi connectivity index (χ0v) is 11.8. The summed E-state index contributed by atoms with van der Waals surface area (Å²) in [5, 5.41) is 3.41. The summed E-state index contributed by atoms with van der Waals surface area (Å²) < 4.78 is 24.9. The summed E-state index contributed by atoms with van der Waals surface area (Å²) in [5.74, 6) is 0.448. The molecule has 106 valence electrons. The number of ether oxygens (including phenoxy) is 2. The summed E-state index contributed by atoms with van der Waals surface area (Å²) in [7, 11) is 1.61. The second kappa shape index (κ2) is 5.88. The lowest BCUT2D eigenvalue weighted by atomic mass is 9.87. The van der Waals surface area contributed by atoms with Gasteiger partial charge in [0.15, 0.2) is 0 Å². The highest BCUT2D eigenvalue weighted by atomic mass is 19.1. The van der Waals surface area contributed by atoms with Gasteiger partial charge in [-0.25, -0.2) is 4.39 Å². The van der Waals surface area contributed by atoms with Crippen LogP contribution in [0.25, 0.3) is 0 Å². The summed E-state index contributed by atoms with van der Waals surface area (Å²) in [6.07, 6.45) is 2.00. The fourth-order valence-corrected chi connectivity index (χ4v) is 2.82. The number of rotatable bonds is 5. The van der Waals surface area contributed by atoms with Gasteiger partial charge in [0.2, 0.25) is 0 Å². The average Bonchev–Trinajstić information content (AvgIpc) is 2.83. The molecule has 0 radical (unpaired) electrons. The Bertz CT molecular complexity index is 430. The number of nitrogens with one attached hydrogen (secondary N) is 1. The Balaban J connectivity index is 2.40. The lowest BCUT2D eigenvalue weighted by molar-refractivity contribution is -0.0127. The summed E-state index contributed by atoms with van der Waals surface area (Å²) in [6, 6.07) is 4.57. The first-order valence-electron chi connectivity index (χ1n) is 6.81. The largest absolute Gasteiger partial charge is 0.496 e. The van der Waals surface area contributed by atoms with Gasteiger partial charge in [0.05, 0.1) is 18.8 Å². The van der Waals surface area contributed by atoms with Crippen molar-refractivity contribution in [2.75, 3.05) is 20.3 Å². The van der Waals surface area contributed by atoms with Crippen LogP contribution >= 0.6 is 0 Å². The van der Waals surface area contributed by atoms with Gasteiger partial charge in [-0.05, 0) is 44.5 Å². The van der Waals surface area contributed by atoms with E-state index in [-0.39, 0.29) is 17.5 Å². The molecule has 4 heteroatoms. The molecule has 0 amide bonds. The molecule has 1 aliphatic heterocycles. The third-order valence-electron chi connectivity index (χ3n) is 3.77. The van der Waals surface area contributed by atoms with Gasteiger partial charge in [-0.15, -0.1) is 0 Å². The third kappa shape index (κ3) is 2.90. The minimum Gasteiger partial charge on any atom is -0.496 e. The van der Waals surface area contributed by atoms with Crippen LogP contribution in [-0.2, 0) is 4.74 Å². The highest BCUT2D eigenvalue weighted by Crippen LogP contribution is 2.40. The van der Waals surface area contributed by atoms with Crippen molar-refractivity contribution < 1.29 is 13.9 Å². The van der Waals surface area contributed by atoms with Crippen LogP contribution in [0.4, 0.5) is 4.39 Å². The smallest absolute Gasteiger partial charge is 0.123 e. The van der Waals surface area contributed by atoms with E-state index in [1.807, 2.05) is 6.92 Å². The molecule has 1 aliphatic rings. The Kier molecular flexibility index (Phi) is 4.42. The molecule has 0 saturated carbocycles. The molecule has 1 aromatic carbocycles. The highest BCUT2D eigenvalue weighted by Gasteiger charge is 2.40. The van der Waals surface area contributed by atoms with Crippen LogP contribution in [0.2, 0.25) is 0 Å². The summed E-state index contributed by atoms with van der Waals surface area (Å²) in [4.78, 5) is 0. The fourth-order valence-electron chi connectivity index (χ4n) is 2.82. The fraction of sp³-hybridized carbons (Fsp3) is 0.600. The normalized spacial score (nSPS) is 24.4. The van der Waals surface area contributed by atoms with Crippen molar-refractivity contribution in [3.8, 4) is 5.75 Å². The van der Waals surface area contributed by atoms with Gasteiger partial charge in [-0.1, -0.05) is 6.92 Å². The van der Waals surface area contributed by atoms with Gasteiger partial charge in [0, 0.05) is 12.2 Å². The molecule has 3 nitrogen and oxygen atoms in total. The van der Waals surface area contributed by atoms with E-state index in [1.165, 1.54) is 6.07 Å². The van der Waals surface area contributed by atoms with E-state index in [9.17, 15) is 4.39 Å². The van der Waals surface area contributed by atoms with Gasteiger partial charge in [0.1, 0.15) is 11.6 Å². The van der Waals surface area contributed by atoms with Crippen molar-refractivity contribution >= 4 is 0 Å². The van der Waals surface area contributed by atoms with Crippen LogP contribution in [0.3, 0.4) is 0 Å². The molecular weight excluding hydrogens is 245 g/mol. The maximum Gasteiger partial charge on any atom is 0.123 e. The van der Waals surface area contributed by atoms with E-state index >= 15 is 0 Å². The Labute approximate surface area is 114 Å². The second-order valence-corrected chi connectivity index (χ2v) is 5.14. The molecule has 0 spiro atoms. The van der Waals surface area contributed by atoms with Gasteiger partial charge in [-0.3, -0.25) is 0 Å². The Morgan fingerprint density at radius 3 is 2.89 bits per heavy atom. The van der Waals surface area contributed by atoms with Crippen LogP contribution in [-0.4, -0.2) is 25.9 Å². The number of benzene rings is 1. The molecule has 2 unspecified atom stereocenters. The van der Waals surface area contributed by atoms with E-state index in [4.69, 9.17) is 9.47 Å². The van der Waals surface area contributed by atoms with E-state index in [0.29, 0.717) is 5.75 Å². The van der Waals surface area contributed by atoms with E-state index in [1.54, 1.807) is 19.2 Å². The highest BCUT2D eigenvalue weighted by molar-refractivity contribution is 5.38. The second-order valence-electron chi connectivity index (χ2n) is 5.14. The first-order valence-corrected chi connectivity index (χ1v) is 6.81. The Hall–Kier alpha value is -1.13. The quantitative estimate of drug-likeness (QED) is 0.889. The predicted octanol–water partition coefficient (Wildman–Crippen LogP) is 3.05. The van der Waals surface area contributed by atoms with Gasteiger partial charge < -0.3 is 14.8 Å². The van der Waals surface area contributed by atoms with Crippen molar-refractivity contribution in [3.05, 3.63) is 29.6 Å². The molecule has 1 fully saturated rings. The molecule has 1 heterocycles. The number of halogens is 1. The van der Waals surface area contributed by atoms with E-state index in [2.05, 4.69) is 12.2 Å². The lowest BCUT2D eigenvalue weighted by Gasteiger charge is -2.35. The minimum absolute atomic E-state index is 0.0642. The monoisotopic (exact) mass is 267 g/mol. The van der Waals surface area contributed by atoms with Crippen LogP contribution in [0.5, 0.6) is 5.75 Å².